The first kappa shape index (κ1) is 14.4. The largest absolute Gasteiger partial charge is 0.268 e. The number of anilines is 1. The molecule has 0 saturated heterocycles. The van der Waals surface area contributed by atoms with E-state index in [2.05, 4.69) is 5.10 Å². The van der Waals surface area contributed by atoms with Gasteiger partial charge in [-0.2, -0.15) is 5.10 Å². The van der Waals surface area contributed by atoms with Crippen LogP contribution >= 0.6 is 0 Å². The standard InChI is InChI=1S/C19H15N3O2/c1-12-17(13(2)22(20-12)14-8-4-3-5-9-14)21-18(23)15-10-6-7-11-16(15)19(21)24/h3-11H,1-2H3. The van der Waals surface area contributed by atoms with E-state index in [1.165, 1.54) is 4.90 Å². The lowest BCUT2D eigenvalue weighted by Crippen LogP contribution is -2.30. The van der Waals surface area contributed by atoms with Gasteiger partial charge in [0.25, 0.3) is 11.8 Å². The molecule has 1 aliphatic heterocycles. The topological polar surface area (TPSA) is 55.2 Å². The van der Waals surface area contributed by atoms with E-state index < -0.39 is 0 Å². The highest BCUT2D eigenvalue weighted by molar-refractivity contribution is 6.34. The first-order valence-corrected chi connectivity index (χ1v) is 7.69. The molecule has 0 radical (unpaired) electrons. The van der Waals surface area contributed by atoms with Crippen LogP contribution < -0.4 is 4.90 Å². The van der Waals surface area contributed by atoms with Gasteiger partial charge in [-0.1, -0.05) is 30.3 Å². The van der Waals surface area contributed by atoms with Crippen LogP contribution in [0.3, 0.4) is 0 Å². The van der Waals surface area contributed by atoms with Crippen molar-refractivity contribution in [2.45, 2.75) is 13.8 Å². The molecule has 5 heteroatoms. The molecule has 1 aliphatic rings. The first-order chi connectivity index (χ1) is 11.6. The average molecular weight is 317 g/mol. The van der Waals surface area contributed by atoms with E-state index in [0.717, 1.165) is 11.4 Å². The van der Waals surface area contributed by atoms with Crippen molar-refractivity contribution in [1.29, 1.82) is 0 Å². The Hall–Kier alpha value is -3.21. The number of aromatic nitrogens is 2. The molecular formula is C19H15N3O2. The highest BCUT2D eigenvalue weighted by atomic mass is 16.2. The minimum atomic E-state index is -0.297. The number of aryl methyl sites for hydroxylation is 1. The van der Waals surface area contributed by atoms with Crippen molar-refractivity contribution in [1.82, 2.24) is 9.78 Å². The second-order valence-electron chi connectivity index (χ2n) is 5.76. The van der Waals surface area contributed by atoms with Crippen molar-refractivity contribution in [2.75, 3.05) is 4.90 Å². The van der Waals surface area contributed by atoms with Crippen molar-refractivity contribution >= 4 is 17.5 Å². The zero-order valence-corrected chi connectivity index (χ0v) is 13.4. The minimum Gasteiger partial charge on any atom is -0.268 e. The molecule has 0 saturated carbocycles. The lowest BCUT2D eigenvalue weighted by atomic mass is 10.1. The number of para-hydroxylation sites is 1. The van der Waals surface area contributed by atoms with E-state index >= 15 is 0 Å². The van der Waals surface area contributed by atoms with E-state index in [4.69, 9.17) is 0 Å². The molecule has 0 unspecified atom stereocenters. The monoisotopic (exact) mass is 317 g/mol. The molecule has 2 heterocycles. The molecule has 24 heavy (non-hydrogen) atoms. The van der Waals surface area contributed by atoms with Gasteiger partial charge in [0.05, 0.1) is 33.9 Å². The number of rotatable bonds is 2. The van der Waals surface area contributed by atoms with Crippen LogP contribution in [0.1, 0.15) is 32.1 Å². The second kappa shape index (κ2) is 5.16. The molecule has 0 atom stereocenters. The Morgan fingerprint density at radius 3 is 1.92 bits per heavy atom. The van der Waals surface area contributed by atoms with Crippen molar-refractivity contribution in [3.8, 4) is 5.69 Å². The Labute approximate surface area is 139 Å². The maximum absolute atomic E-state index is 12.7. The zero-order valence-electron chi connectivity index (χ0n) is 13.4. The van der Waals surface area contributed by atoms with Crippen molar-refractivity contribution < 1.29 is 9.59 Å². The molecule has 2 amide bonds. The van der Waals surface area contributed by atoms with Gasteiger partial charge in [-0.25, -0.2) is 9.58 Å². The van der Waals surface area contributed by atoms with E-state index in [0.29, 0.717) is 22.5 Å². The first-order valence-electron chi connectivity index (χ1n) is 7.69. The number of nitrogens with zero attached hydrogens (tertiary/aromatic N) is 3. The second-order valence-corrected chi connectivity index (χ2v) is 5.76. The summed E-state index contributed by atoms with van der Waals surface area (Å²) in [5.74, 6) is -0.594. The van der Waals surface area contributed by atoms with Gasteiger partial charge in [0, 0.05) is 0 Å². The van der Waals surface area contributed by atoms with Crippen LogP contribution in [0.25, 0.3) is 5.69 Å². The van der Waals surface area contributed by atoms with Crippen LogP contribution in [0.15, 0.2) is 54.6 Å². The Kier molecular flexibility index (Phi) is 3.09. The molecule has 5 nitrogen and oxygen atoms in total. The fourth-order valence-electron chi connectivity index (χ4n) is 3.17. The van der Waals surface area contributed by atoms with Gasteiger partial charge in [-0.15, -0.1) is 0 Å². The summed E-state index contributed by atoms with van der Waals surface area (Å²) in [7, 11) is 0. The third-order valence-corrected chi connectivity index (χ3v) is 4.27. The van der Waals surface area contributed by atoms with Crippen LogP contribution in [0.4, 0.5) is 5.69 Å². The van der Waals surface area contributed by atoms with Crippen molar-refractivity contribution in [2.24, 2.45) is 0 Å². The summed E-state index contributed by atoms with van der Waals surface area (Å²) in [4.78, 5) is 26.7. The molecule has 118 valence electrons. The third-order valence-electron chi connectivity index (χ3n) is 4.27. The predicted molar refractivity (Wildman–Crippen MR) is 90.6 cm³/mol. The summed E-state index contributed by atoms with van der Waals surface area (Å²) in [6, 6.07) is 16.5. The van der Waals surface area contributed by atoms with E-state index in [9.17, 15) is 9.59 Å². The number of imide groups is 1. The Morgan fingerprint density at radius 1 is 0.792 bits per heavy atom. The van der Waals surface area contributed by atoms with Crippen LogP contribution in [-0.4, -0.2) is 21.6 Å². The molecule has 0 bridgehead atoms. The molecule has 0 spiro atoms. The van der Waals surface area contributed by atoms with Crippen LogP contribution in [0.2, 0.25) is 0 Å². The summed E-state index contributed by atoms with van der Waals surface area (Å²) < 4.78 is 1.76. The number of hydrogen-bond acceptors (Lipinski definition) is 3. The van der Waals surface area contributed by atoms with Gasteiger partial charge in [-0.05, 0) is 38.1 Å². The molecule has 0 N–H and O–H groups in total. The number of fused-ring (bicyclic) bond motifs is 1. The minimum absolute atomic E-state index is 0.297. The van der Waals surface area contributed by atoms with Gasteiger partial charge in [0.1, 0.15) is 0 Å². The summed E-state index contributed by atoms with van der Waals surface area (Å²) in [5, 5.41) is 4.53. The molecule has 0 fully saturated rings. The summed E-state index contributed by atoms with van der Waals surface area (Å²) in [5.41, 5.74) is 3.73. The Morgan fingerprint density at radius 2 is 1.33 bits per heavy atom. The SMILES string of the molecule is Cc1nn(-c2ccccc2)c(C)c1N1C(=O)c2ccccc2C1=O. The van der Waals surface area contributed by atoms with E-state index in [1.807, 2.05) is 44.2 Å². The highest BCUT2D eigenvalue weighted by Crippen LogP contribution is 2.33. The Bertz CT molecular complexity index is 939. The molecule has 1 aromatic heterocycles. The smallest absolute Gasteiger partial charge is 0.266 e. The molecule has 0 aliphatic carbocycles. The normalized spacial score (nSPS) is 13.5. The zero-order chi connectivity index (χ0) is 16.8. The fourth-order valence-corrected chi connectivity index (χ4v) is 3.17. The maximum Gasteiger partial charge on any atom is 0.266 e. The number of benzene rings is 2. The maximum atomic E-state index is 12.7. The van der Waals surface area contributed by atoms with Gasteiger partial charge in [-0.3, -0.25) is 9.59 Å². The van der Waals surface area contributed by atoms with Gasteiger partial charge in [0.2, 0.25) is 0 Å². The summed E-state index contributed by atoms with van der Waals surface area (Å²) in [6.45, 7) is 3.68. The van der Waals surface area contributed by atoms with Crippen LogP contribution in [-0.2, 0) is 0 Å². The fraction of sp³-hybridized carbons (Fsp3) is 0.105. The molecule has 4 rings (SSSR count). The molecule has 3 aromatic rings. The Balaban J connectivity index is 1.86. The predicted octanol–water partition coefficient (Wildman–Crippen LogP) is 3.29. The summed E-state index contributed by atoms with van der Waals surface area (Å²) in [6.07, 6.45) is 0. The van der Waals surface area contributed by atoms with Crippen LogP contribution in [0, 0.1) is 13.8 Å². The van der Waals surface area contributed by atoms with Crippen LogP contribution in [0.5, 0.6) is 0 Å². The molecular weight excluding hydrogens is 302 g/mol. The number of carbonyl (C=O) groups is 2. The van der Waals surface area contributed by atoms with Crippen molar-refractivity contribution in [3.63, 3.8) is 0 Å². The third kappa shape index (κ3) is 1.91. The number of carbonyl (C=O) groups excluding carboxylic acids is 2. The molecule has 2 aromatic carbocycles. The highest BCUT2D eigenvalue weighted by Gasteiger charge is 2.39. The van der Waals surface area contributed by atoms with Crippen molar-refractivity contribution in [3.05, 3.63) is 77.1 Å². The van der Waals surface area contributed by atoms with E-state index in [-0.39, 0.29) is 11.8 Å². The number of hydrogen-bond donors (Lipinski definition) is 0. The quantitative estimate of drug-likeness (QED) is 0.682. The van der Waals surface area contributed by atoms with Gasteiger partial charge >= 0.3 is 0 Å². The lowest BCUT2D eigenvalue weighted by molar-refractivity contribution is 0.0925. The lowest BCUT2D eigenvalue weighted by Gasteiger charge is -2.14. The number of amides is 2. The van der Waals surface area contributed by atoms with Gasteiger partial charge in [0.15, 0.2) is 0 Å². The average Bonchev–Trinajstić information content (AvgIpc) is 3.03. The van der Waals surface area contributed by atoms with E-state index in [1.54, 1.807) is 28.9 Å². The summed E-state index contributed by atoms with van der Waals surface area (Å²) >= 11 is 0. The van der Waals surface area contributed by atoms with Gasteiger partial charge < -0.3 is 0 Å².